The third-order valence-electron chi connectivity index (χ3n) is 1.98. The molecular weight excluding hydrogens is 293 g/mol. The predicted octanol–water partition coefficient (Wildman–Crippen LogP) is -3.02. The van der Waals surface area contributed by atoms with E-state index in [-0.39, 0.29) is 57.9 Å². The van der Waals surface area contributed by atoms with Crippen LogP contribution in [0.15, 0.2) is 10.8 Å². The Morgan fingerprint density at radius 1 is 1.47 bits per heavy atom. The van der Waals surface area contributed by atoms with Crippen LogP contribution >= 0.6 is 11.3 Å². The molecule has 0 spiro atoms. The number of ether oxygens (including phenoxy) is 2. The van der Waals surface area contributed by atoms with Gasteiger partial charge in [-0.3, -0.25) is 5.32 Å². The van der Waals surface area contributed by atoms with Crippen molar-refractivity contribution in [3.63, 3.8) is 0 Å². The maximum absolute atomic E-state index is 10.4. The smallest absolute Gasteiger partial charge is 0.748 e. The summed E-state index contributed by atoms with van der Waals surface area (Å²) in [6.45, 7) is 0.349. The molecule has 0 radical (unpaired) electrons. The molecular formula is C8H10KNO5S2. The van der Waals surface area contributed by atoms with E-state index in [0.29, 0.717) is 18.1 Å². The Morgan fingerprint density at radius 3 is 2.88 bits per heavy atom. The Kier molecular flexibility index (Phi) is 6.37. The molecule has 1 aromatic rings. The van der Waals surface area contributed by atoms with Crippen molar-refractivity contribution in [3.8, 4) is 11.5 Å². The summed E-state index contributed by atoms with van der Waals surface area (Å²) in [5, 5.41) is 6.41. The first-order valence-corrected chi connectivity index (χ1v) is 7.09. The van der Waals surface area contributed by atoms with Gasteiger partial charge in [0.25, 0.3) is 0 Å². The first kappa shape index (κ1) is 15.9. The number of thiophene rings is 1. The molecule has 0 saturated carbocycles. The van der Waals surface area contributed by atoms with Gasteiger partial charge in [0.2, 0.25) is 0 Å². The van der Waals surface area contributed by atoms with Gasteiger partial charge in [-0.1, -0.05) is 0 Å². The van der Waals surface area contributed by atoms with E-state index >= 15 is 0 Å². The number of fused-ring (bicyclic) bond motifs is 1. The minimum atomic E-state index is -4.18. The van der Waals surface area contributed by atoms with Crippen LogP contribution in [0.4, 0.5) is 0 Å². The summed E-state index contributed by atoms with van der Waals surface area (Å²) in [5.74, 6) is 0.877. The van der Waals surface area contributed by atoms with Crippen LogP contribution in [0, 0.1) is 0 Å². The number of hydrogen-bond acceptors (Lipinski definition) is 7. The minimum Gasteiger partial charge on any atom is -0.748 e. The van der Waals surface area contributed by atoms with Crippen molar-refractivity contribution >= 4 is 21.5 Å². The van der Waals surface area contributed by atoms with Gasteiger partial charge < -0.3 is 14.0 Å². The van der Waals surface area contributed by atoms with E-state index in [9.17, 15) is 13.0 Å². The average molecular weight is 303 g/mol. The normalized spacial score (nSPS) is 18.5. The van der Waals surface area contributed by atoms with E-state index in [2.05, 4.69) is 5.32 Å². The largest absolute Gasteiger partial charge is 1.00 e. The zero-order valence-electron chi connectivity index (χ0n) is 9.21. The minimum absolute atomic E-state index is 0. The molecule has 0 amide bonds. The van der Waals surface area contributed by atoms with Crippen LogP contribution in [-0.2, 0) is 10.1 Å². The standard InChI is InChI=1S/C8H11NO5S2.K/c10-16(11,12)2-1-9-8-3-13-6-4-15-5-7(6)14-8;/h4-5,8-9H,1-3H2,(H,10,11,12);/q;+1/p-1. The van der Waals surface area contributed by atoms with Crippen LogP contribution in [-0.4, -0.2) is 38.1 Å². The van der Waals surface area contributed by atoms with Crippen molar-refractivity contribution in [2.24, 2.45) is 0 Å². The molecule has 0 saturated heterocycles. The maximum atomic E-state index is 10.4. The first-order valence-electron chi connectivity index (χ1n) is 4.57. The second kappa shape index (κ2) is 6.82. The van der Waals surface area contributed by atoms with E-state index in [1.165, 1.54) is 11.3 Å². The third-order valence-corrected chi connectivity index (χ3v) is 3.38. The molecule has 1 aliphatic rings. The predicted molar refractivity (Wildman–Crippen MR) is 56.8 cm³/mol. The average Bonchev–Trinajstić information content (AvgIpc) is 2.62. The Labute approximate surface area is 146 Å². The van der Waals surface area contributed by atoms with Crippen LogP contribution in [0.1, 0.15) is 0 Å². The third kappa shape index (κ3) is 5.13. The van der Waals surface area contributed by atoms with Crippen molar-refractivity contribution in [2.45, 2.75) is 6.23 Å². The Morgan fingerprint density at radius 2 is 2.18 bits per heavy atom. The fourth-order valence-electron chi connectivity index (χ4n) is 1.26. The molecule has 1 unspecified atom stereocenters. The van der Waals surface area contributed by atoms with Gasteiger partial charge in [0.05, 0.1) is 15.9 Å². The Hall–Kier alpha value is 0.806. The second-order valence-corrected chi connectivity index (χ2v) is 5.50. The Balaban J connectivity index is 0.00000144. The van der Waals surface area contributed by atoms with E-state index < -0.39 is 22.1 Å². The molecule has 2 heterocycles. The van der Waals surface area contributed by atoms with E-state index in [1.807, 2.05) is 5.38 Å². The molecule has 2 rings (SSSR count). The van der Waals surface area contributed by atoms with Gasteiger partial charge in [0.15, 0.2) is 17.7 Å². The van der Waals surface area contributed by atoms with Crippen molar-refractivity contribution in [1.29, 1.82) is 0 Å². The van der Waals surface area contributed by atoms with E-state index in [4.69, 9.17) is 9.47 Å². The second-order valence-electron chi connectivity index (χ2n) is 3.23. The van der Waals surface area contributed by atoms with Crippen LogP contribution in [0.2, 0.25) is 0 Å². The van der Waals surface area contributed by atoms with Gasteiger partial charge in [0.1, 0.15) is 6.61 Å². The molecule has 0 bridgehead atoms. The van der Waals surface area contributed by atoms with Gasteiger partial charge in [-0.05, 0) is 0 Å². The topological polar surface area (TPSA) is 87.7 Å². The summed E-state index contributed by atoms with van der Waals surface area (Å²) < 4.78 is 41.9. The van der Waals surface area contributed by atoms with Crippen LogP contribution in [0.3, 0.4) is 0 Å². The summed E-state index contributed by atoms with van der Waals surface area (Å²) in [6.07, 6.45) is -0.413. The molecule has 9 heteroatoms. The molecule has 17 heavy (non-hydrogen) atoms. The quantitative estimate of drug-likeness (QED) is 0.471. The van der Waals surface area contributed by atoms with Crippen LogP contribution in [0.25, 0.3) is 0 Å². The van der Waals surface area contributed by atoms with Gasteiger partial charge in [0, 0.05) is 17.3 Å². The monoisotopic (exact) mass is 303 g/mol. The number of nitrogens with one attached hydrogen (secondary N) is 1. The van der Waals surface area contributed by atoms with Gasteiger partial charge >= 0.3 is 51.4 Å². The maximum Gasteiger partial charge on any atom is 1.00 e. The van der Waals surface area contributed by atoms with Crippen molar-refractivity contribution in [2.75, 3.05) is 18.9 Å². The van der Waals surface area contributed by atoms with Gasteiger partial charge in [-0.2, -0.15) is 0 Å². The van der Waals surface area contributed by atoms with Crippen molar-refractivity contribution in [3.05, 3.63) is 10.8 Å². The van der Waals surface area contributed by atoms with E-state index in [0.717, 1.165) is 0 Å². The van der Waals surface area contributed by atoms with Crippen LogP contribution in [0.5, 0.6) is 11.5 Å². The fraction of sp³-hybridized carbons (Fsp3) is 0.500. The summed E-state index contributed by atoms with van der Waals surface area (Å²) in [6, 6.07) is 0. The molecule has 1 N–H and O–H groups in total. The van der Waals surface area contributed by atoms with Gasteiger partial charge in [-0.15, -0.1) is 11.3 Å². The van der Waals surface area contributed by atoms with E-state index in [1.54, 1.807) is 5.38 Å². The molecule has 0 aliphatic carbocycles. The molecule has 0 fully saturated rings. The van der Waals surface area contributed by atoms with Crippen LogP contribution < -0.4 is 66.2 Å². The summed E-state index contributed by atoms with van der Waals surface area (Å²) in [7, 11) is -4.18. The Bertz CT molecular complexity index is 460. The zero-order valence-corrected chi connectivity index (χ0v) is 14.0. The van der Waals surface area contributed by atoms with Gasteiger partial charge in [-0.25, -0.2) is 8.42 Å². The molecule has 1 atom stereocenters. The molecule has 0 aromatic carbocycles. The summed E-state index contributed by atoms with van der Waals surface area (Å²) in [4.78, 5) is 0. The van der Waals surface area contributed by atoms with Crippen molar-refractivity contribution in [1.82, 2.24) is 5.32 Å². The first-order chi connectivity index (χ1) is 7.54. The molecule has 6 nitrogen and oxygen atoms in total. The number of rotatable bonds is 4. The number of hydrogen-bond donors (Lipinski definition) is 1. The van der Waals surface area contributed by atoms with Crippen molar-refractivity contribution < 1.29 is 73.8 Å². The molecule has 90 valence electrons. The molecule has 1 aliphatic heterocycles. The summed E-state index contributed by atoms with van der Waals surface area (Å²) in [5.41, 5.74) is 0. The molecule has 1 aromatic heterocycles. The fourth-order valence-corrected chi connectivity index (χ4v) is 2.30. The zero-order chi connectivity index (χ0) is 11.6. The summed E-state index contributed by atoms with van der Waals surface area (Å²) >= 11 is 1.46. The SMILES string of the molecule is O=S(=O)([O-])CCNC1COc2cscc2O1.[K+].